The number of carbonyl (C=O) groups is 1. The van der Waals surface area contributed by atoms with Gasteiger partial charge in [-0.1, -0.05) is 56.3 Å². The van der Waals surface area contributed by atoms with Crippen molar-refractivity contribution in [1.29, 1.82) is 0 Å². The fourth-order valence-electron chi connectivity index (χ4n) is 2.46. The highest BCUT2D eigenvalue weighted by Gasteiger charge is 2.09. The molecule has 3 aromatic rings. The Hall–Kier alpha value is -3.07. The van der Waals surface area contributed by atoms with Gasteiger partial charge in [0.05, 0.1) is 12.2 Å². The third kappa shape index (κ3) is 4.73. The van der Waals surface area contributed by atoms with Gasteiger partial charge in [0.2, 0.25) is 0 Å². The van der Waals surface area contributed by atoms with Gasteiger partial charge in [-0.3, -0.25) is 0 Å². The first kappa shape index (κ1) is 17.7. The molecule has 26 heavy (non-hydrogen) atoms. The molecule has 3 rings (SSSR count). The topological polar surface area (TPSA) is 35.5 Å². The Labute approximate surface area is 154 Å². The minimum atomic E-state index is -0.382. The van der Waals surface area contributed by atoms with Crippen molar-refractivity contribution in [3.05, 3.63) is 84.4 Å². The number of hydrogen-bond donors (Lipinski definition) is 0. The van der Waals surface area contributed by atoms with Gasteiger partial charge in [0, 0.05) is 0 Å². The van der Waals surface area contributed by atoms with Crippen LogP contribution in [0.5, 0.6) is 11.5 Å². The maximum absolute atomic E-state index is 12.3. The molecule has 132 valence electrons. The molecule has 0 bridgehead atoms. The molecule has 0 saturated carbocycles. The van der Waals surface area contributed by atoms with Crippen LogP contribution >= 0.6 is 0 Å². The van der Waals surface area contributed by atoms with E-state index in [1.54, 1.807) is 36.4 Å². The van der Waals surface area contributed by atoms with Gasteiger partial charge in [0.25, 0.3) is 0 Å². The summed E-state index contributed by atoms with van der Waals surface area (Å²) in [6, 6.07) is 24.6. The Morgan fingerprint density at radius 3 is 1.96 bits per heavy atom. The summed E-state index contributed by atoms with van der Waals surface area (Å²) in [5.41, 5.74) is 2.70. The van der Waals surface area contributed by atoms with Crippen LogP contribution in [0.15, 0.2) is 78.9 Å². The highest BCUT2D eigenvalue weighted by Crippen LogP contribution is 2.23. The largest absolute Gasteiger partial charge is 0.493 e. The SMILES string of the molecule is CC(C)COc1ccc(C(=O)Oc2ccc(-c3ccccc3)cc2)cc1. The maximum Gasteiger partial charge on any atom is 0.343 e. The molecule has 3 aromatic carbocycles. The zero-order valence-corrected chi connectivity index (χ0v) is 15.0. The predicted molar refractivity (Wildman–Crippen MR) is 104 cm³/mol. The molecule has 0 spiro atoms. The monoisotopic (exact) mass is 346 g/mol. The smallest absolute Gasteiger partial charge is 0.343 e. The second kappa shape index (κ2) is 8.34. The minimum Gasteiger partial charge on any atom is -0.493 e. The van der Waals surface area contributed by atoms with Crippen molar-refractivity contribution in [3.8, 4) is 22.6 Å². The van der Waals surface area contributed by atoms with E-state index in [1.807, 2.05) is 42.5 Å². The molecule has 0 aliphatic heterocycles. The molecule has 3 nitrogen and oxygen atoms in total. The summed E-state index contributed by atoms with van der Waals surface area (Å²) in [7, 11) is 0. The van der Waals surface area contributed by atoms with Crippen molar-refractivity contribution in [2.75, 3.05) is 6.61 Å². The summed E-state index contributed by atoms with van der Waals surface area (Å²) in [5.74, 6) is 1.35. The number of ether oxygens (including phenoxy) is 2. The molecule has 0 heterocycles. The molecule has 0 radical (unpaired) electrons. The Morgan fingerprint density at radius 1 is 0.769 bits per heavy atom. The zero-order chi connectivity index (χ0) is 18.4. The highest BCUT2D eigenvalue weighted by molar-refractivity contribution is 5.91. The fraction of sp³-hybridized carbons (Fsp3) is 0.174. The van der Waals surface area contributed by atoms with Crippen LogP contribution in [0, 0.1) is 5.92 Å². The molecule has 0 N–H and O–H groups in total. The Morgan fingerprint density at radius 2 is 1.35 bits per heavy atom. The van der Waals surface area contributed by atoms with Gasteiger partial charge in [-0.2, -0.15) is 0 Å². The summed E-state index contributed by atoms with van der Waals surface area (Å²) in [4.78, 5) is 12.3. The normalized spacial score (nSPS) is 10.6. The van der Waals surface area contributed by atoms with Crippen LogP contribution in [0.4, 0.5) is 0 Å². The molecule has 0 fully saturated rings. The molecule has 0 amide bonds. The van der Waals surface area contributed by atoms with Gasteiger partial charge in [-0.25, -0.2) is 4.79 Å². The third-order valence-electron chi connectivity index (χ3n) is 3.85. The molecule has 0 saturated heterocycles. The van der Waals surface area contributed by atoms with Crippen LogP contribution in [0.3, 0.4) is 0 Å². The van der Waals surface area contributed by atoms with Crippen LogP contribution in [0.2, 0.25) is 0 Å². The molecular weight excluding hydrogens is 324 g/mol. The van der Waals surface area contributed by atoms with Crippen LogP contribution in [0.1, 0.15) is 24.2 Å². The van der Waals surface area contributed by atoms with Crippen molar-refractivity contribution < 1.29 is 14.3 Å². The van der Waals surface area contributed by atoms with E-state index >= 15 is 0 Å². The fourth-order valence-corrected chi connectivity index (χ4v) is 2.46. The summed E-state index contributed by atoms with van der Waals surface area (Å²) in [6.45, 7) is 4.83. The van der Waals surface area contributed by atoms with E-state index in [1.165, 1.54) is 0 Å². The van der Waals surface area contributed by atoms with Gasteiger partial charge >= 0.3 is 5.97 Å². The number of rotatable bonds is 6. The van der Waals surface area contributed by atoms with Crippen LogP contribution in [-0.2, 0) is 0 Å². The summed E-state index contributed by atoms with van der Waals surface area (Å²) >= 11 is 0. The molecular formula is C23H22O3. The first-order valence-electron chi connectivity index (χ1n) is 8.72. The lowest BCUT2D eigenvalue weighted by atomic mass is 10.1. The van der Waals surface area contributed by atoms with Crippen molar-refractivity contribution >= 4 is 5.97 Å². The first-order valence-corrected chi connectivity index (χ1v) is 8.72. The molecule has 0 atom stereocenters. The summed E-state index contributed by atoms with van der Waals surface area (Å²) in [6.07, 6.45) is 0. The molecule has 0 aromatic heterocycles. The van der Waals surface area contributed by atoms with Gasteiger partial charge in [-0.05, 0) is 53.4 Å². The molecule has 0 aliphatic carbocycles. The van der Waals surface area contributed by atoms with Crippen LogP contribution in [0.25, 0.3) is 11.1 Å². The zero-order valence-electron chi connectivity index (χ0n) is 15.0. The van der Waals surface area contributed by atoms with E-state index in [2.05, 4.69) is 13.8 Å². The van der Waals surface area contributed by atoms with Gasteiger partial charge in [0.15, 0.2) is 0 Å². The van der Waals surface area contributed by atoms with E-state index in [0.29, 0.717) is 23.8 Å². The molecule has 3 heteroatoms. The van der Waals surface area contributed by atoms with Gasteiger partial charge in [-0.15, -0.1) is 0 Å². The van der Waals surface area contributed by atoms with Gasteiger partial charge < -0.3 is 9.47 Å². The van der Waals surface area contributed by atoms with Gasteiger partial charge in [0.1, 0.15) is 11.5 Å². The lowest BCUT2D eigenvalue weighted by molar-refractivity contribution is 0.0734. The van der Waals surface area contributed by atoms with E-state index in [0.717, 1.165) is 16.9 Å². The lowest BCUT2D eigenvalue weighted by Crippen LogP contribution is -2.09. The quantitative estimate of drug-likeness (QED) is 0.430. The standard InChI is InChI=1S/C23H22O3/c1-17(2)16-25-21-12-10-20(11-13-21)23(24)26-22-14-8-19(9-15-22)18-6-4-3-5-7-18/h3-15,17H,16H2,1-2H3. The van der Waals surface area contributed by atoms with E-state index in [4.69, 9.17) is 9.47 Å². The van der Waals surface area contributed by atoms with E-state index < -0.39 is 0 Å². The molecule has 0 aliphatic rings. The predicted octanol–water partition coefficient (Wildman–Crippen LogP) is 5.61. The maximum atomic E-state index is 12.3. The molecule has 0 unspecified atom stereocenters. The number of benzene rings is 3. The first-order chi connectivity index (χ1) is 12.6. The highest BCUT2D eigenvalue weighted by atomic mass is 16.5. The summed E-state index contributed by atoms with van der Waals surface area (Å²) < 4.78 is 11.1. The van der Waals surface area contributed by atoms with E-state index in [9.17, 15) is 4.79 Å². The van der Waals surface area contributed by atoms with Crippen LogP contribution in [-0.4, -0.2) is 12.6 Å². The number of hydrogen-bond acceptors (Lipinski definition) is 3. The van der Waals surface area contributed by atoms with Crippen molar-refractivity contribution in [2.45, 2.75) is 13.8 Å². The number of esters is 1. The second-order valence-corrected chi connectivity index (χ2v) is 6.51. The number of carbonyl (C=O) groups excluding carboxylic acids is 1. The van der Waals surface area contributed by atoms with Crippen LogP contribution < -0.4 is 9.47 Å². The van der Waals surface area contributed by atoms with Crippen molar-refractivity contribution in [2.24, 2.45) is 5.92 Å². The van der Waals surface area contributed by atoms with Crippen molar-refractivity contribution in [3.63, 3.8) is 0 Å². The lowest BCUT2D eigenvalue weighted by Gasteiger charge is -2.09. The Kier molecular flexibility index (Phi) is 5.69. The summed E-state index contributed by atoms with van der Waals surface area (Å²) in [5, 5.41) is 0. The average Bonchev–Trinajstić information content (AvgIpc) is 2.68. The third-order valence-corrected chi connectivity index (χ3v) is 3.85. The Bertz CT molecular complexity index is 835. The Balaban J connectivity index is 1.62. The van der Waals surface area contributed by atoms with Crippen molar-refractivity contribution in [1.82, 2.24) is 0 Å². The average molecular weight is 346 g/mol. The minimum absolute atomic E-state index is 0.382. The van der Waals surface area contributed by atoms with E-state index in [-0.39, 0.29) is 5.97 Å². The second-order valence-electron chi connectivity index (χ2n) is 6.51.